The van der Waals surface area contributed by atoms with Gasteiger partial charge in [-0.1, -0.05) is 11.6 Å². The average molecular weight is 374 g/mol. The van der Waals surface area contributed by atoms with Crippen molar-refractivity contribution in [3.05, 3.63) is 33.3 Å². The number of carbonyl (C=O) groups excluding carboxylic acids is 1. The van der Waals surface area contributed by atoms with E-state index in [1.54, 1.807) is 18.2 Å². The van der Waals surface area contributed by atoms with Gasteiger partial charge in [0.2, 0.25) is 0 Å². The van der Waals surface area contributed by atoms with Gasteiger partial charge < -0.3 is 10.6 Å². The van der Waals surface area contributed by atoms with Crippen LogP contribution >= 0.6 is 27.5 Å². The third-order valence-electron chi connectivity index (χ3n) is 3.71. The highest BCUT2D eigenvalue weighted by Gasteiger charge is 2.38. The highest BCUT2D eigenvalue weighted by atomic mass is 79.9. The lowest BCUT2D eigenvalue weighted by Gasteiger charge is -2.46. The number of hydrogen-bond donors (Lipinski definition) is 2. The average Bonchev–Trinajstić information content (AvgIpc) is 2.28. The van der Waals surface area contributed by atoms with Crippen LogP contribution in [0.4, 0.5) is 0 Å². The van der Waals surface area contributed by atoms with Crippen molar-refractivity contribution in [2.45, 2.75) is 57.7 Å². The highest BCUT2D eigenvalue weighted by molar-refractivity contribution is 9.10. The van der Waals surface area contributed by atoms with Crippen LogP contribution in [0.5, 0.6) is 0 Å². The molecular weight excluding hydrogens is 352 g/mol. The number of piperidine rings is 1. The van der Waals surface area contributed by atoms with Crippen LogP contribution in [0.3, 0.4) is 0 Å². The monoisotopic (exact) mass is 372 g/mol. The first kappa shape index (κ1) is 16.8. The van der Waals surface area contributed by atoms with Crippen LogP contribution in [0.15, 0.2) is 22.7 Å². The van der Waals surface area contributed by atoms with Crippen LogP contribution in [0, 0.1) is 0 Å². The van der Waals surface area contributed by atoms with E-state index in [0.717, 1.165) is 17.3 Å². The van der Waals surface area contributed by atoms with Gasteiger partial charge in [-0.05, 0) is 74.7 Å². The Bertz CT molecular complexity index is 541. The lowest BCUT2D eigenvalue weighted by atomic mass is 9.79. The molecule has 5 heteroatoms. The molecule has 21 heavy (non-hydrogen) atoms. The standard InChI is InChI=1S/C16H22BrClN2O/c1-15(2)8-11(9-16(3,4)20-15)19-14(21)10-5-6-13(18)12(17)7-10/h5-7,11,20H,8-9H2,1-4H3,(H,19,21). The summed E-state index contributed by atoms with van der Waals surface area (Å²) in [5.41, 5.74) is 0.654. The van der Waals surface area contributed by atoms with Gasteiger partial charge >= 0.3 is 0 Å². The molecule has 0 aromatic heterocycles. The molecule has 1 saturated heterocycles. The third-order valence-corrected chi connectivity index (χ3v) is 4.92. The first-order chi connectivity index (χ1) is 9.58. The minimum Gasteiger partial charge on any atom is -0.349 e. The lowest BCUT2D eigenvalue weighted by molar-refractivity contribution is 0.0873. The molecule has 0 bridgehead atoms. The fourth-order valence-corrected chi connectivity index (χ4v) is 3.83. The van der Waals surface area contributed by atoms with Crippen molar-refractivity contribution < 1.29 is 4.79 Å². The van der Waals surface area contributed by atoms with Crippen LogP contribution in [0.2, 0.25) is 5.02 Å². The minimum absolute atomic E-state index is 0.0142. The molecule has 1 aliphatic rings. The molecule has 1 amide bonds. The summed E-state index contributed by atoms with van der Waals surface area (Å²) in [5.74, 6) is -0.0501. The summed E-state index contributed by atoms with van der Waals surface area (Å²) >= 11 is 9.32. The van der Waals surface area contributed by atoms with Gasteiger partial charge in [-0.15, -0.1) is 0 Å². The maximum absolute atomic E-state index is 12.4. The lowest BCUT2D eigenvalue weighted by Crippen LogP contribution is -2.62. The summed E-state index contributed by atoms with van der Waals surface area (Å²) in [5, 5.41) is 7.37. The van der Waals surface area contributed by atoms with Gasteiger partial charge in [-0.3, -0.25) is 4.79 Å². The van der Waals surface area contributed by atoms with E-state index in [4.69, 9.17) is 11.6 Å². The van der Waals surface area contributed by atoms with Gasteiger partial charge in [-0.2, -0.15) is 0 Å². The van der Waals surface area contributed by atoms with Gasteiger partial charge in [0.05, 0.1) is 5.02 Å². The smallest absolute Gasteiger partial charge is 0.251 e. The molecule has 0 radical (unpaired) electrons. The fraction of sp³-hybridized carbons (Fsp3) is 0.562. The molecule has 0 unspecified atom stereocenters. The molecule has 2 N–H and O–H groups in total. The number of halogens is 2. The molecule has 116 valence electrons. The van der Waals surface area contributed by atoms with Crippen LogP contribution in [-0.4, -0.2) is 23.0 Å². The maximum Gasteiger partial charge on any atom is 0.251 e. The molecule has 1 heterocycles. The first-order valence-corrected chi connectivity index (χ1v) is 8.30. The normalized spacial score (nSPS) is 21.0. The molecule has 1 aromatic rings. The maximum atomic E-state index is 12.4. The highest BCUT2D eigenvalue weighted by Crippen LogP contribution is 2.29. The topological polar surface area (TPSA) is 41.1 Å². The number of benzene rings is 1. The summed E-state index contributed by atoms with van der Waals surface area (Å²) in [6.45, 7) is 8.69. The SMILES string of the molecule is CC1(C)CC(NC(=O)c2ccc(Cl)c(Br)c2)CC(C)(C)N1. The molecule has 0 spiro atoms. The van der Waals surface area contributed by atoms with Crippen molar-refractivity contribution >= 4 is 33.4 Å². The summed E-state index contributed by atoms with van der Waals surface area (Å²) < 4.78 is 0.739. The molecule has 0 atom stereocenters. The Kier molecular flexibility index (Phi) is 4.72. The molecule has 0 aliphatic carbocycles. The van der Waals surface area contributed by atoms with Gasteiger partial charge in [0.1, 0.15) is 0 Å². The van der Waals surface area contributed by atoms with Crippen molar-refractivity contribution in [1.82, 2.24) is 10.6 Å². The van der Waals surface area contributed by atoms with Crippen LogP contribution in [0.25, 0.3) is 0 Å². The predicted octanol–water partition coefficient (Wildman–Crippen LogP) is 4.14. The fourth-order valence-electron chi connectivity index (χ4n) is 3.33. The van der Waals surface area contributed by atoms with E-state index in [1.165, 1.54) is 0 Å². The Morgan fingerprint density at radius 3 is 2.38 bits per heavy atom. The predicted molar refractivity (Wildman–Crippen MR) is 90.9 cm³/mol. The summed E-state index contributed by atoms with van der Waals surface area (Å²) in [7, 11) is 0. The summed E-state index contributed by atoms with van der Waals surface area (Å²) in [4.78, 5) is 12.4. The van der Waals surface area contributed by atoms with Crippen molar-refractivity contribution in [1.29, 1.82) is 0 Å². The van der Waals surface area contributed by atoms with Crippen LogP contribution in [0.1, 0.15) is 50.9 Å². The third kappa shape index (κ3) is 4.44. The Labute approximate surface area is 140 Å². The zero-order valence-electron chi connectivity index (χ0n) is 12.9. The number of rotatable bonds is 2. The van der Waals surface area contributed by atoms with E-state index < -0.39 is 0 Å². The van der Waals surface area contributed by atoms with Crippen molar-refractivity contribution in [2.24, 2.45) is 0 Å². The second-order valence-electron chi connectivity index (χ2n) is 7.10. The molecule has 1 aromatic carbocycles. The Hall–Kier alpha value is -0.580. The largest absolute Gasteiger partial charge is 0.349 e. The van der Waals surface area contributed by atoms with E-state index in [0.29, 0.717) is 10.6 Å². The van der Waals surface area contributed by atoms with E-state index in [2.05, 4.69) is 54.3 Å². The zero-order chi connectivity index (χ0) is 15.8. The quantitative estimate of drug-likeness (QED) is 0.818. The van der Waals surface area contributed by atoms with E-state index >= 15 is 0 Å². The number of carbonyl (C=O) groups is 1. The van der Waals surface area contributed by atoms with Gasteiger partial charge in [0.25, 0.3) is 5.91 Å². The van der Waals surface area contributed by atoms with Crippen LogP contribution < -0.4 is 10.6 Å². The Morgan fingerprint density at radius 2 is 1.86 bits per heavy atom. The summed E-state index contributed by atoms with van der Waals surface area (Å²) in [6.07, 6.45) is 1.83. The molecule has 2 rings (SSSR count). The second-order valence-corrected chi connectivity index (χ2v) is 8.36. The number of hydrogen-bond acceptors (Lipinski definition) is 2. The minimum atomic E-state index is -0.0501. The van der Waals surface area contributed by atoms with Crippen molar-refractivity contribution in [3.8, 4) is 0 Å². The number of nitrogens with one attached hydrogen (secondary N) is 2. The first-order valence-electron chi connectivity index (χ1n) is 7.13. The second kappa shape index (κ2) is 5.90. The van der Waals surface area contributed by atoms with Crippen molar-refractivity contribution in [3.63, 3.8) is 0 Å². The van der Waals surface area contributed by atoms with Gasteiger partial charge in [-0.25, -0.2) is 0 Å². The molecule has 3 nitrogen and oxygen atoms in total. The van der Waals surface area contributed by atoms with E-state index in [-0.39, 0.29) is 23.0 Å². The van der Waals surface area contributed by atoms with Gasteiger partial charge in [0, 0.05) is 27.2 Å². The van der Waals surface area contributed by atoms with E-state index in [9.17, 15) is 4.79 Å². The molecule has 1 fully saturated rings. The van der Waals surface area contributed by atoms with E-state index in [1.807, 2.05) is 0 Å². The number of amides is 1. The summed E-state index contributed by atoms with van der Waals surface area (Å²) in [6, 6.07) is 5.41. The zero-order valence-corrected chi connectivity index (χ0v) is 15.2. The molecule has 1 aliphatic heterocycles. The Morgan fingerprint density at radius 1 is 1.29 bits per heavy atom. The molecular formula is C16H22BrClN2O. The van der Waals surface area contributed by atoms with Crippen molar-refractivity contribution in [2.75, 3.05) is 0 Å². The Balaban J connectivity index is 2.10. The molecule has 0 saturated carbocycles. The van der Waals surface area contributed by atoms with Gasteiger partial charge in [0.15, 0.2) is 0 Å². The van der Waals surface area contributed by atoms with Crippen LogP contribution in [-0.2, 0) is 0 Å².